The zero-order chi connectivity index (χ0) is 29.4. The number of benzene rings is 3. The second-order valence-corrected chi connectivity index (χ2v) is 12.7. The van der Waals surface area contributed by atoms with E-state index >= 15 is 0 Å². The maximum atomic E-state index is 14.2. The molecule has 1 unspecified atom stereocenters. The summed E-state index contributed by atoms with van der Waals surface area (Å²) in [6.07, 6.45) is 5.61. The molecule has 1 aliphatic carbocycles. The van der Waals surface area contributed by atoms with Crippen molar-refractivity contribution in [1.82, 2.24) is 10.2 Å². The molecule has 0 radical (unpaired) electrons. The van der Waals surface area contributed by atoms with Crippen LogP contribution in [0.3, 0.4) is 0 Å². The number of anilines is 1. The molecule has 218 valence electrons. The maximum absolute atomic E-state index is 14.2. The van der Waals surface area contributed by atoms with Gasteiger partial charge in [-0.25, -0.2) is 8.42 Å². The van der Waals surface area contributed by atoms with Crippen molar-refractivity contribution in [2.75, 3.05) is 10.8 Å². The van der Waals surface area contributed by atoms with Crippen molar-refractivity contribution in [3.05, 3.63) is 95.6 Å². The lowest BCUT2D eigenvalue weighted by Crippen LogP contribution is -2.54. The van der Waals surface area contributed by atoms with Crippen molar-refractivity contribution in [3.63, 3.8) is 0 Å². The van der Waals surface area contributed by atoms with Crippen LogP contribution in [0.5, 0.6) is 0 Å². The smallest absolute Gasteiger partial charge is 0.264 e. The fourth-order valence-electron chi connectivity index (χ4n) is 5.39. The molecule has 1 saturated carbocycles. The molecule has 0 spiro atoms. The van der Waals surface area contributed by atoms with Crippen LogP contribution in [0.4, 0.5) is 5.69 Å². The predicted octanol–water partition coefficient (Wildman–Crippen LogP) is 5.76. The van der Waals surface area contributed by atoms with Gasteiger partial charge in [-0.05, 0) is 68.5 Å². The number of rotatable bonds is 11. The van der Waals surface area contributed by atoms with Gasteiger partial charge < -0.3 is 10.2 Å². The first-order valence-electron chi connectivity index (χ1n) is 14.5. The number of nitrogens with one attached hydrogen (secondary N) is 1. The van der Waals surface area contributed by atoms with Crippen LogP contribution in [0.25, 0.3) is 0 Å². The standard InChI is InChI=1S/C33H41N3O4S/c1-4-31(33(38)34-28-15-7-5-8-16-28)35(23-27-14-12-11-13-26(27)3)32(37)24-36(29-21-19-25(2)20-22-29)41(39,40)30-17-9-6-10-18-30/h6,9-14,17-22,28,31H,4-5,7-8,15-16,23-24H2,1-3H3,(H,34,38). The number of amides is 2. The Morgan fingerprint density at radius 1 is 0.878 bits per heavy atom. The number of carbonyl (C=O) groups excluding carboxylic acids is 2. The molecule has 1 atom stereocenters. The quantitative estimate of drug-likeness (QED) is 0.315. The largest absolute Gasteiger partial charge is 0.352 e. The Morgan fingerprint density at radius 2 is 1.51 bits per heavy atom. The molecular formula is C33H41N3O4S. The van der Waals surface area contributed by atoms with E-state index in [0.29, 0.717) is 12.1 Å². The molecule has 3 aromatic carbocycles. The van der Waals surface area contributed by atoms with Crippen LogP contribution in [0.15, 0.2) is 83.8 Å². The second-order valence-electron chi connectivity index (χ2n) is 10.9. The summed E-state index contributed by atoms with van der Waals surface area (Å²) in [5.41, 5.74) is 3.28. The van der Waals surface area contributed by atoms with Crippen LogP contribution in [-0.2, 0) is 26.2 Å². The summed E-state index contributed by atoms with van der Waals surface area (Å²) in [6.45, 7) is 5.56. The third kappa shape index (κ3) is 7.55. The van der Waals surface area contributed by atoms with Crippen LogP contribution >= 0.6 is 0 Å². The number of nitrogens with zero attached hydrogens (tertiary/aromatic N) is 2. The lowest BCUT2D eigenvalue weighted by atomic mass is 9.95. The third-order valence-electron chi connectivity index (χ3n) is 7.87. The molecule has 0 saturated heterocycles. The highest BCUT2D eigenvalue weighted by molar-refractivity contribution is 7.92. The predicted molar refractivity (Wildman–Crippen MR) is 163 cm³/mol. The summed E-state index contributed by atoms with van der Waals surface area (Å²) in [7, 11) is -4.07. The van der Waals surface area contributed by atoms with Crippen LogP contribution < -0.4 is 9.62 Å². The molecule has 1 aliphatic rings. The molecule has 0 aromatic heterocycles. The fraction of sp³-hybridized carbons (Fsp3) is 0.394. The van der Waals surface area contributed by atoms with Crippen molar-refractivity contribution in [1.29, 1.82) is 0 Å². The van der Waals surface area contributed by atoms with Crippen molar-refractivity contribution in [3.8, 4) is 0 Å². The highest BCUT2D eigenvalue weighted by atomic mass is 32.2. The number of carbonyl (C=O) groups is 2. The molecule has 3 aromatic rings. The van der Waals surface area contributed by atoms with Gasteiger partial charge in [0.25, 0.3) is 10.0 Å². The monoisotopic (exact) mass is 575 g/mol. The zero-order valence-electron chi connectivity index (χ0n) is 24.3. The molecule has 1 fully saturated rings. The first kappa shape index (κ1) is 30.3. The van der Waals surface area contributed by atoms with Gasteiger partial charge in [-0.15, -0.1) is 0 Å². The molecule has 0 heterocycles. The lowest BCUT2D eigenvalue weighted by molar-refractivity contribution is -0.140. The number of aryl methyl sites for hydroxylation is 2. The zero-order valence-corrected chi connectivity index (χ0v) is 25.1. The molecule has 2 amide bonds. The third-order valence-corrected chi connectivity index (χ3v) is 9.66. The SMILES string of the molecule is CCC(C(=O)NC1CCCCC1)N(Cc1ccccc1C)C(=O)CN(c1ccc(C)cc1)S(=O)(=O)c1ccccc1. The fourth-order valence-corrected chi connectivity index (χ4v) is 6.83. The first-order chi connectivity index (χ1) is 19.7. The second kappa shape index (κ2) is 13.8. The summed E-state index contributed by atoms with van der Waals surface area (Å²) in [6, 6.07) is 22.3. The van der Waals surface area contributed by atoms with Gasteiger partial charge in [-0.2, -0.15) is 0 Å². The van der Waals surface area contributed by atoms with Crippen LogP contribution in [-0.4, -0.2) is 43.8 Å². The van der Waals surface area contributed by atoms with Gasteiger partial charge in [-0.3, -0.25) is 13.9 Å². The van der Waals surface area contributed by atoms with Gasteiger partial charge in [0.1, 0.15) is 12.6 Å². The first-order valence-corrected chi connectivity index (χ1v) is 15.9. The minimum absolute atomic E-state index is 0.0981. The van der Waals surface area contributed by atoms with E-state index in [1.807, 2.05) is 57.2 Å². The van der Waals surface area contributed by atoms with E-state index in [4.69, 9.17) is 0 Å². The highest BCUT2D eigenvalue weighted by Crippen LogP contribution is 2.26. The summed E-state index contributed by atoms with van der Waals surface area (Å²) < 4.78 is 29.0. The Kier molecular flexibility index (Phi) is 10.2. The Labute approximate surface area is 244 Å². The van der Waals surface area contributed by atoms with Gasteiger partial charge in [0.2, 0.25) is 11.8 Å². The Morgan fingerprint density at radius 3 is 2.15 bits per heavy atom. The van der Waals surface area contributed by atoms with Crippen LogP contribution in [0, 0.1) is 13.8 Å². The molecule has 1 N–H and O–H groups in total. The van der Waals surface area contributed by atoms with E-state index in [0.717, 1.165) is 46.7 Å². The maximum Gasteiger partial charge on any atom is 0.264 e. The van der Waals surface area contributed by atoms with E-state index in [1.54, 1.807) is 35.2 Å². The van der Waals surface area contributed by atoms with Gasteiger partial charge in [0.15, 0.2) is 0 Å². The average molecular weight is 576 g/mol. The van der Waals surface area contributed by atoms with Crippen LogP contribution in [0.1, 0.15) is 62.1 Å². The van der Waals surface area contributed by atoms with Crippen molar-refractivity contribution < 1.29 is 18.0 Å². The Balaban J connectivity index is 1.70. The van der Waals surface area contributed by atoms with Crippen molar-refractivity contribution >= 4 is 27.5 Å². The molecule has 4 rings (SSSR count). The van der Waals surface area contributed by atoms with E-state index in [9.17, 15) is 18.0 Å². The molecule has 8 heteroatoms. The van der Waals surface area contributed by atoms with Crippen molar-refractivity contribution in [2.24, 2.45) is 0 Å². The molecule has 7 nitrogen and oxygen atoms in total. The van der Waals surface area contributed by atoms with Gasteiger partial charge in [0, 0.05) is 12.6 Å². The van der Waals surface area contributed by atoms with E-state index in [2.05, 4.69) is 5.32 Å². The van der Waals surface area contributed by atoms with E-state index in [1.165, 1.54) is 18.6 Å². The molecule has 0 aliphatic heterocycles. The summed E-state index contributed by atoms with van der Waals surface area (Å²) in [5.74, 6) is -0.617. The molecule has 0 bridgehead atoms. The number of sulfonamides is 1. The minimum Gasteiger partial charge on any atom is -0.352 e. The van der Waals surface area contributed by atoms with Crippen LogP contribution in [0.2, 0.25) is 0 Å². The summed E-state index contributed by atoms with van der Waals surface area (Å²) in [4.78, 5) is 29.5. The molecule has 41 heavy (non-hydrogen) atoms. The van der Waals surface area contributed by atoms with Crippen molar-refractivity contribution in [2.45, 2.75) is 82.8 Å². The minimum atomic E-state index is -4.07. The van der Waals surface area contributed by atoms with E-state index in [-0.39, 0.29) is 23.4 Å². The number of hydrogen-bond acceptors (Lipinski definition) is 4. The molecular weight excluding hydrogens is 534 g/mol. The summed E-state index contributed by atoms with van der Waals surface area (Å²) in [5, 5.41) is 3.19. The number of hydrogen-bond donors (Lipinski definition) is 1. The average Bonchev–Trinajstić information content (AvgIpc) is 2.98. The Bertz CT molecular complexity index is 1420. The Hall–Kier alpha value is -3.65. The topological polar surface area (TPSA) is 86.8 Å². The van der Waals surface area contributed by atoms with Gasteiger partial charge in [-0.1, -0.05) is 86.3 Å². The van der Waals surface area contributed by atoms with Gasteiger partial charge >= 0.3 is 0 Å². The normalized spacial score (nSPS) is 14.7. The van der Waals surface area contributed by atoms with E-state index < -0.39 is 28.5 Å². The highest BCUT2D eigenvalue weighted by Gasteiger charge is 2.34. The summed E-state index contributed by atoms with van der Waals surface area (Å²) >= 11 is 0. The van der Waals surface area contributed by atoms with Gasteiger partial charge in [0.05, 0.1) is 10.6 Å². The lowest BCUT2D eigenvalue weighted by Gasteiger charge is -2.34.